The molecule has 0 N–H and O–H groups in total. The molecule has 3 aromatic carbocycles. The Hall–Kier alpha value is -2.79. The van der Waals surface area contributed by atoms with Gasteiger partial charge in [0.05, 0.1) is 24.2 Å². The molecule has 0 amide bonds. The van der Waals surface area contributed by atoms with Crippen molar-refractivity contribution in [2.75, 3.05) is 11.4 Å². The Kier molecular flexibility index (Phi) is 5.28. The maximum Gasteiger partial charge on any atom is 0.264 e. The lowest BCUT2D eigenvalue weighted by Gasteiger charge is -2.26. The molecule has 4 nitrogen and oxygen atoms in total. The second kappa shape index (κ2) is 7.62. The number of aryl methyl sites for hydroxylation is 1. The van der Waals surface area contributed by atoms with Gasteiger partial charge in [0, 0.05) is 0 Å². The summed E-state index contributed by atoms with van der Waals surface area (Å²) in [4.78, 5) is 0.248. The molecule has 0 aliphatic carbocycles. The summed E-state index contributed by atoms with van der Waals surface area (Å²) in [6.45, 7) is 2.22. The van der Waals surface area contributed by atoms with E-state index in [1.54, 1.807) is 48.5 Å². The molecule has 3 aromatic rings. The molecule has 0 spiro atoms. The molecular weight excluding hydrogens is 346 g/mol. The van der Waals surface area contributed by atoms with Crippen LogP contribution >= 0.6 is 0 Å². The molecule has 3 rings (SSSR count). The van der Waals surface area contributed by atoms with Gasteiger partial charge in [-0.15, -0.1) is 0 Å². The van der Waals surface area contributed by atoms with E-state index in [9.17, 15) is 8.42 Å². The van der Waals surface area contributed by atoms with E-state index in [1.807, 2.05) is 37.3 Å². The number of nitrogens with zero attached hydrogens (tertiary/aromatic N) is 1. The highest BCUT2D eigenvalue weighted by Crippen LogP contribution is 2.33. The van der Waals surface area contributed by atoms with Crippen LogP contribution < -0.4 is 9.04 Å². The van der Waals surface area contributed by atoms with Crippen molar-refractivity contribution in [2.24, 2.45) is 0 Å². The second-order valence-electron chi connectivity index (χ2n) is 5.98. The quantitative estimate of drug-likeness (QED) is 0.649. The van der Waals surface area contributed by atoms with Gasteiger partial charge in [0.1, 0.15) is 5.75 Å². The molecule has 0 aliphatic heterocycles. The zero-order valence-corrected chi connectivity index (χ0v) is 15.6. The molecule has 0 aromatic heterocycles. The largest absolute Gasteiger partial charge is 0.495 e. The Bertz CT molecular complexity index is 968. The topological polar surface area (TPSA) is 46.6 Å². The minimum atomic E-state index is -3.74. The van der Waals surface area contributed by atoms with Gasteiger partial charge in [-0.2, -0.15) is 0 Å². The van der Waals surface area contributed by atoms with E-state index >= 15 is 0 Å². The van der Waals surface area contributed by atoms with Crippen molar-refractivity contribution in [3.8, 4) is 5.75 Å². The molecular formula is C21H21NO3S. The molecule has 26 heavy (non-hydrogen) atoms. The van der Waals surface area contributed by atoms with Gasteiger partial charge in [0.15, 0.2) is 0 Å². The van der Waals surface area contributed by atoms with E-state index in [4.69, 9.17) is 4.74 Å². The molecule has 5 heteroatoms. The first-order valence-electron chi connectivity index (χ1n) is 8.29. The molecule has 0 radical (unpaired) electrons. The van der Waals surface area contributed by atoms with Crippen LogP contribution in [0.2, 0.25) is 0 Å². The lowest BCUT2D eigenvalue weighted by atomic mass is 10.1. The lowest BCUT2D eigenvalue weighted by molar-refractivity contribution is 0.415. The van der Waals surface area contributed by atoms with Crippen molar-refractivity contribution in [3.63, 3.8) is 0 Å². The number of hydrogen-bond donors (Lipinski definition) is 0. The van der Waals surface area contributed by atoms with Crippen LogP contribution in [0.15, 0.2) is 83.8 Å². The summed E-state index contributed by atoms with van der Waals surface area (Å²) in [5, 5.41) is 0. The fourth-order valence-corrected chi connectivity index (χ4v) is 4.20. The van der Waals surface area contributed by atoms with Crippen LogP contribution in [0.5, 0.6) is 5.75 Å². The summed E-state index contributed by atoms with van der Waals surface area (Å²) < 4.78 is 33.5. The molecule has 0 heterocycles. The number of rotatable bonds is 6. The van der Waals surface area contributed by atoms with Crippen molar-refractivity contribution in [2.45, 2.75) is 18.4 Å². The second-order valence-corrected chi connectivity index (χ2v) is 7.84. The smallest absolute Gasteiger partial charge is 0.264 e. The lowest BCUT2D eigenvalue weighted by Crippen LogP contribution is -2.31. The molecule has 0 bridgehead atoms. The summed E-state index contributed by atoms with van der Waals surface area (Å²) in [7, 11) is -2.20. The van der Waals surface area contributed by atoms with E-state index in [-0.39, 0.29) is 11.4 Å². The van der Waals surface area contributed by atoms with Crippen molar-refractivity contribution >= 4 is 15.7 Å². The predicted octanol–water partition coefficient (Wildman–Crippen LogP) is 4.40. The highest BCUT2D eigenvalue weighted by molar-refractivity contribution is 7.92. The summed E-state index contributed by atoms with van der Waals surface area (Å²) >= 11 is 0. The van der Waals surface area contributed by atoms with Crippen LogP contribution in [0.25, 0.3) is 0 Å². The van der Waals surface area contributed by atoms with Gasteiger partial charge in [-0.05, 0) is 36.8 Å². The third-order valence-electron chi connectivity index (χ3n) is 4.13. The maximum atomic E-state index is 13.3. The number of benzene rings is 3. The van der Waals surface area contributed by atoms with Gasteiger partial charge < -0.3 is 4.74 Å². The first kappa shape index (κ1) is 18.0. The third-order valence-corrected chi connectivity index (χ3v) is 5.91. The molecule has 134 valence electrons. The average molecular weight is 367 g/mol. The van der Waals surface area contributed by atoms with Gasteiger partial charge in [0.2, 0.25) is 0 Å². The van der Waals surface area contributed by atoms with Gasteiger partial charge in [0.25, 0.3) is 10.0 Å². The Balaban J connectivity index is 2.11. The van der Waals surface area contributed by atoms with Crippen LogP contribution in [0.4, 0.5) is 5.69 Å². The SMILES string of the molecule is COc1ccccc1N(Cc1ccc(C)cc1)S(=O)(=O)c1ccccc1. The number of methoxy groups -OCH3 is 1. The van der Waals surface area contributed by atoms with E-state index in [1.165, 1.54) is 11.4 Å². The first-order chi connectivity index (χ1) is 12.5. The summed E-state index contributed by atoms with van der Waals surface area (Å²) in [5.41, 5.74) is 2.55. The van der Waals surface area contributed by atoms with E-state index in [2.05, 4.69) is 0 Å². The minimum absolute atomic E-state index is 0.220. The maximum absolute atomic E-state index is 13.3. The predicted molar refractivity (Wildman–Crippen MR) is 104 cm³/mol. The van der Waals surface area contributed by atoms with Crippen molar-refractivity contribution in [1.29, 1.82) is 0 Å². The summed E-state index contributed by atoms with van der Waals surface area (Å²) in [6, 6.07) is 23.4. The molecule has 0 aliphatic rings. The fourth-order valence-electron chi connectivity index (χ4n) is 2.71. The Morgan fingerprint density at radius 2 is 1.46 bits per heavy atom. The third kappa shape index (κ3) is 3.73. The van der Waals surface area contributed by atoms with Crippen molar-refractivity contribution < 1.29 is 13.2 Å². The van der Waals surface area contributed by atoms with Crippen LogP contribution in [0.1, 0.15) is 11.1 Å². The van der Waals surface area contributed by atoms with E-state index in [0.29, 0.717) is 11.4 Å². The fraction of sp³-hybridized carbons (Fsp3) is 0.143. The van der Waals surface area contributed by atoms with Crippen LogP contribution in [0.3, 0.4) is 0 Å². The van der Waals surface area contributed by atoms with E-state index in [0.717, 1.165) is 11.1 Å². The summed E-state index contributed by atoms with van der Waals surface area (Å²) in [6.07, 6.45) is 0. The van der Waals surface area contributed by atoms with Crippen LogP contribution in [-0.2, 0) is 16.6 Å². The highest BCUT2D eigenvalue weighted by Gasteiger charge is 2.27. The van der Waals surface area contributed by atoms with Crippen LogP contribution in [-0.4, -0.2) is 15.5 Å². The number of anilines is 1. The highest BCUT2D eigenvalue weighted by atomic mass is 32.2. The van der Waals surface area contributed by atoms with Crippen LogP contribution in [0, 0.1) is 6.92 Å². The Morgan fingerprint density at radius 3 is 2.12 bits per heavy atom. The minimum Gasteiger partial charge on any atom is -0.495 e. The van der Waals surface area contributed by atoms with E-state index < -0.39 is 10.0 Å². The standard InChI is InChI=1S/C21H21NO3S/c1-17-12-14-18(15-13-17)16-22(20-10-6-7-11-21(20)25-2)26(23,24)19-8-4-3-5-9-19/h3-15H,16H2,1-2H3. The molecule has 0 atom stereocenters. The Labute approximate surface area is 154 Å². The molecule has 0 fully saturated rings. The number of sulfonamides is 1. The zero-order valence-electron chi connectivity index (χ0n) is 14.8. The van der Waals surface area contributed by atoms with Gasteiger partial charge in [-0.3, -0.25) is 4.31 Å². The summed E-state index contributed by atoms with van der Waals surface area (Å²) in [5.74, 6) is 0.513. The number of ether oxygens (including phenoxy) is 1. The van der Waals surface area contributed by atoms with Gasteiger partial charge in [-0.25, -0.2) is 8.42 Å². The monoisotopic (exact) mass is 367 g/mol. The first-order valence-corrected chi connectivity index (χ1v) is 9.73. The van der Waals surface area contributed by atoms with Crippen molar-refractivity contribution in [1.82, 2.24) is 0 Å². The molecule has 0 saturated carbocycles. The number of para-hydroxylation sites is 2. The molecule has 0 saturated heterocycles. The van der Waals surface area contributed by atoms with Crippen molar-refractivity contribution in [3.05, 3.63) is 90.0 Å². The molecule has 0 unspecified atom stereocenters. The average Bonchev–Trinajstić information content (AvgIpc) is 2.68. The Morgan fingerprint density at radius 1 is 0.846 bits per heavy atom. The van der Waals surface area contributed by atoms with Gasteiger partial charge >= 0.3 is 0 Å². The van der Waals surface area contributed by atoms with Gasteiger partial charge in [-0.1, -0.05) is 60.2 Å². The normalized spacial score (nSPS) is 11.2. The zero-order chi connectivity index (χ0) is 18.6. The number of hydrogen-bond acceptors (Lipinski definition) is 3.